The topological polar surface area (TPSA) is 191 Å². The van der Waals surface area contributed by atoms with Crippen LogP contribution in [0.2, 0.25) is 0 Å². The second kappa shape index (κ2) is 16.2. The van der Waals surface area contributed by atoms with Gasteiger partial charge in [0.05, 0.1) is 6.04 Å². The van der Waals surface area contributed by atoms with Gasteiger partial charge in [-0.25, -0.2) is 4.79 Å². The van der Waals surface area contributed by atoms with E-state index in [0.29, 0.717) is 43.5 Å². The number of carboxylic acid groups (broad SMARTS) is 1. The lowest BCUT2D eigenvalue weighted by atomic mass is 9.96. The van der Waals surface area contributed by atoms with Crippen molar-refractivity contribution in [2.45, 2.75) is 83.1 Å². The van der Waals surface area contributed by atoms with E-state index in [1.807, 2.05) is 20.1 Å². The Bertz CT molecular complexity index is 1070. The fourth-order valence-electron chi connectivity index (χ4n) is 4.54. The Balaban J connectivity index is 2.05. The largest absolute Gasteiger partial charge is 0.508 e. The molecule has 1 saturated heterocycles. The van der Waals surface area contributed by atoms with Crippen LogP contribution in [0.25, 0.3) is 0 Å². The Labute approximate surface area is 245 Å². The van der Waals surface area contributed by atoms with Crippen molar-refractivity contribution in [1.82, 2.24) is 20.9 Å². The second-order valence-corrected chi connectivity index (χ2v) is 11.4. The number of thioether (sulfide) groups is 1. The number of aliphatic carboxylic acids is 1. The molecule has 0 saturated carbocycles. The molecule has 0 radical (unpaired) electrons. The summed E-state index contributed by atoms with van der Waals surface area (Å²) in [5.41, 5.74) is 6.61. The van der Waals surface area contributed by atoms with E-state index in [1.54, 1.807) is 23.9 Å². The van der Waals surface area contributed by atoms with Crippen molar-refractivity contribution in [3.63, 3.8) is 0 Å². The summed E-state index contributed by atoms with van der Waals surface area (Å²) < 4.78 is 0. The van der Waals surface area contributed by atoms with Gasteiger partial charge in [0.2, 0.25) is 23.6 Å². The van der Waals surface area contributed by atoms with Crippen molar-refractivity contribution >= 4 is 41.4 Å². The van der Waals surface area contributed by atoms with Gasteiger partial charge in [-0.05, 0) is 61.8 Å². The number of amides is 4. The highest BCUT2D eigenvalue weighted by Crippen LogP contribution is 2.22. The lowest BCUT2D eigenvalue weighted by molar-refractivity contribution is -0.144. The maximum Gasteiger partial charge on any atom is 0.326 e. The molecule has 0 aliphatic carbocycles. The van der Waals surface area contributed by atoms with E-state index in [-0.39, 0.29) is 24.0 Å². The highest BCUT2D eigenvalue weighted by atomic mass is 32.2. The minimum absolute atomic E-state index is 0.0173. The fourth-order valence-corrected chi connectivity index (χ4v) is 5.03. The van der Waals surface area contributed by atoms with E-state index in [9.17, 15) is 34.2 Å². The van der Waals surface area contributed by atoms with Gasteiger partial charge in [0.15, 0.2) is 0 Å². The molecule has 0 spiro atoms. The molecule has 1 fully saturated rings. The average molecular weight is 594 g/mol. The molecule has 1 aliphatic heterocycles. The molecule has 13 heteroatoms. The van der Waals surface area contributed by atoms with Crippen LogP contribution in [0.5, 0.6) is 5.75 Å². The maximum absolute atomic E-state index is 13.6. The van der Waals surface area contributed by atoms with Crippen LogP contribution in [0, 0.1) is 5.92 Å². The summed E-state index contributed by atoms with van der Waals surface area (Å²) in [5.74, 6) is -2.71. The van der Waals surface area contributed by atoms with Crippen LogP contribution in [-0.2, 0) is 30.4 Å². The Morgan fingerprint density at radius 1 is 1.07 bits per heavy atom. The summed E-state index contributed by atoms with van der Waals surface area (Å²) in [6.07, 6.45) is 3.96. The molecular weight excluding hydrogens is 550 g/mol. The molecule has 7 N–H and O–H groups in total. The summed E-state index contributed by atoms with van der Waals surface area (Å²) in [4.78, 5) is 65.5. The number of phenolic OH excluding ortho intramolecular Hbond substituents is 1. The minimum atomic E-state index is -1.25. The number of nitrogens with two attached hydrogens (primary N) is 1. The van der Waals surface area contributed by atoms with Crippen molar-refractivity contribution in [3.05, 3.63) is 29.8 Å². The highest BCUT2D eigenvalue weighted by Gasteiger charge is 2.40. The lowest BCUT2D eigenvalue weighted by Gasteiger charge is -2.32. The fraction of sp³-hybridized carbons (Fsp3) is 0.607. The number of phenols is 1. The first-order valence-corrected chi connectivity index (χ1v) is 15.3. The number of hydrogen-bond donors (Lipinski definition) is 6. The smallest absolute Gasteiger partial charge is 0.326 e. The first kappa shape index (κ1) is 33.9. The SMILES string of the molecule is CC[C@H](C)[C@H](NC(=O)[C@@H](N)CCSC)C(=O)N1CCC[C@H]1C(=O)N[C@@H](C)C(=O)N[C@@H](Cc1ccc(O)cc1)C(=O)O. The van der Waals surface area contributed by atoms with E-state index in [0.717, 1.165) is 0 Å². The number of carbonyl (C=O) groups is 5. The van der Waals surface area contributed by atoms with Gasteiger partial charge in [-0.15, -0.1) is 0 Å². The van der Waals surface area contributed by atoms with Crippen LogP contribution in [-0.4, -0.2) is 93.5 Å². The van der Waals surface area contributed by atoms with Crippen molar-refractivity contribution in [2.24, 2.45) is 11.7 Å². The van der Waals surface area contributed by atoms with Crippen molar-refractivity contribution in [2.75, 3.05) is 18.6 Å². The second-order valence-electron chi connectivity index (χ2n) is 10.4. The number of likely N-dealkylation sites (tertiary alicyclic amines) is 1. The predicted octanol–water partition coefficient (Wildman–Crippen LogP) is 0.611. The summed E-state index contributed by atoms with van der Waals surface area (Å²) >= 11 is 1.57. The summed E-state index contributed by atoms with van der Waals surface area (Å²) in [5, 5.41) is 26.9. The third-order valence-electron chi connectivity index (χ3n) is 7.33. The Kier molecular flexibility index (Phi) is 13.4. The van der Waals surface area contributed by atoms with Gasteiger partial charge in [-0.1, -0.05) is 32.4 Å². The van der Waals surface area contributed by atoms with Crippen LogP contribution < -0.4 is 21.7 Å². The number of nitrogens with zero attached hydrogens (tertiary/aromatic N) is 1. The van der Waals surface area contributed by atoms with Crippen LogP contribution in [0.15, 0.2) is 24.3 Å². The van der Waals surface area contributed by atoms with Crippen LogP contribution in [0.1, 0.15) is 52.0 Å². The van der Waals surface area contributed by atoms with E-state index in [4.69, 9.17) is 5.73 Å². The van der Waals surface area contributed by atoms with Gasteiger partial charge in [-0.2, -0.15) is 11.8 Å². The van der Waals surface area contributed by atoms with Gasteiger partial charge in [0, 0.05) is 13.0 Å². The van der Waals surface area contributed by atoms with Gasteiger partial charge >= 0.3 is 5.97 Å². The molecule has 1 heterocycles. The predicted molar refractivity (Wildman–Crippen MR) is 156 cm³/mol. The number of benzene rings is 1. The molecule has 2 rings (SSSR count). The summed E-state index contributed by atoms with van der Waals surface area (Å²) in [6, 6.07) is 1.21. The number of rotatable bonds is 15. The van der Waals surface area contributed by atoms with Crippen LogP contribution in [0.4, 0.5) is 0 Å². The zero-order chi connectivity index (χ0) is 30.7. The number of nitrogens with one attached hydrogen (secondary N) is 3. The third-order valence-corrected chi connectivity index (χ3v) is 7.97. The van der Waals surface area contributed by atoms with E-state index in [1.165, 1.54) is 24.0 Å². The first-order valence-electron chi connectivity index (χ1n) is 13.9. The highest BCUT2D eigenvalue weighted by molar-refractivity contribution is 7.98. The Morgan fingerprint density at radius 3 is 2.32 bits per heavy atom. The molecular formula is C28H43N5O7S. The molecule has 0 aromatic heterocycles. The van der Waals surface area contributed by atoms with E-state index in [2.05, 4.69) is 16.0 Å². The average Bonchev–Trinajstić information content (AvgIpc) is 3.44. The van der Waals surface area contributed by atoms with Crippen molar-refractivity contribution in [1.29, 1.82) is 0 Å². The molecule has 41 heavy (non-hydrogen) atoms. The van der Waals surface area contributed by atoms with Crippen molar-refractivity contribution < 1.29 is 34.2 Å². The zero-order valence-electron chi connectivity index (χ0n) is 24.1. The quantitative estimate of drug-likeness (QED) is 0.169. The summed E-state index contributed by atoms with van der Waals surface area (Å²) in [6.45, 7) is 5.52. The Hall–Kier alpha value is -3.32. The van der Waals surface area contributed by atoms with E-state index < -0.39 is 53.9 Å². The molecule has 1 aliphatic rings. The molecule has 4 amide bonds. The standard InChI is InChI=1S/C28H43N5O7S/c1-5-16(2)23(32-25(36)20(29)12-14-41-4)27(38)33-13-6-7-22(33)26(37)30-17(3)24(35)31-21(28(39)40)15-18-8-10-19(34)11-9-18/h8-11,16-17,20-23,34H,5-7,12-15,29H2,1-4H3,(H,30,37)(H,31,35)(H,32,36)(H,39,40)/t16-,17-,20-,21-,22-,23-/m0/s1. The minimum Gasteiger partial charge on any atom is -0.508 e. The van der Waals surface area contributed by atoms with E-state index >= 15 is 0 Å². The molecule has 228 valence electrons. The third kappa shape index (κ3) is 9.92. The number of carboxylic acids is 1. The number of carbonyl (C=O) groups excluding carboxylic acids is 4. The molecule has 1 aromatic carbocycles. The van der Waals surface area contributed by atoms with Gasteiger partial charge in [0.1, 0.15) is 29.9 Å². The van der Waals surface area contributed by atoms with Crippen molar-refractivity contribution in [3.8, 4) is 5.75 Å². The normalized spacial score (nSPS) is 18.5. The van der Waals surface area contributed by atoms with Gasteiger partial charge in [-0.3, -0.25) is 19.2 Å². The molecule has 6 atom stereocenters. The molecule has 0 bridgehead atoms. The molecule has 0 unspecified atom stereocenters. The number of aromatic hydroxyl groups is 1. The van der Waals surface area contributed by atoms with Crippen LogP contribution >= 0.6 is 11.8 Å². The Morgan fingerprint density at radius 2 is 1.73 bits per heavy atom. The lowest BCUT2D eigenvalue weighted by Crippen LogP contribution is -2.59. The first-order chi connectivity index (χ1) is 19.4. The maximum atomic E-state index is 13.6. The number of hydrogen-bond acceptors (Lipinski definition) is 8. The van der Waals surface area contributed by atoms with Gasteiger partial charge < -0.3 is 36.8 Å². The molecule has 12 nitrogen and oxygen atoms in total. The molecule has 1 aromatic rings. The van der Waals surface area contributed by atoms with Gasteiger partial charge in [0.25, 0.3) is 0 Å². The zero-order valence-corrected chi connectivity index (χ0v) is 24.9. The van der Waals surface area contributed by atoms with Crippen LogP contribution in [0.3, 0.4) is 0 Å². The monoisotopic (exact) mass is 593 g/mol. The summed E-state index contributed by atoms with van der Waals surface area (Å²) in [7, 11) is 0.